The summed E-state index contributed by atoms with van der Waals surface area (Å²) in [6.45, 7) is -0.145. The summed E-state index contributed by atoms with van der Waals surface area (Å²) < 4.78 is 24.4. The van der Waals surface area contributed by atoms with Gasteiger partial charge in [-0.05, 0) is 12.6 Å². The summed E-state index contributed by atoms with van der Waals surface area (Å²) >= 11 is 0. The Hall–Kier alpha value is -1.76. The van der Waals surface area contributed by atoms with Gasteiger partial charge in [0.15, 0.2) is 0 Å². The molecule has 0 aliphatic heterocycles. The minimum Gasteiger partial charge on any atom is -0.382 e. The van der Waals surface area contributed by atoms with E-state index in [9.17, 15) is 18.9 Å². The van der Waals surface area contributed by atoms with Crippen LogP contribution in [-0.2, 0) is 6.54 Å². The number of nitro benzene ring substituents is 1. The van der Waals surface area contributed by atoms with Gasteiger partial charge >= 0.3 is 0 Å². The van der Waals surface area contributed by atoms with Crippen LogP contribution in [0.2, 0.25) is 0 Å². The molecule has 0 saturated carbocycles. The van der Waals surface area contributed by atoms with Gasteiger partial charge in [-0.2, -0.15) is 0 Å². The maximum atomic E-state index is 12.2. The molecular weight excluding hydrogens is 244 g/mol. The standard InChI is InChI=1S/C11H15F2N3O2/c1-14-11-8(6-15(2)7-10(12)13)4-3-5-9(11)16(17)18/h3-5,10,14H,6-7H2,1-2H3. The zero-order valence-electron chi connectivity index (χ0n) is 10.2. The highest BCUT2D eigenvalue weighted by Crippen LogP contribution is 2.28. The van der Waals surface area contributed by atoms with E-state index in [0.29, 0.717) is 11.3 Å². The molecule has 0 aromatic heterocycles. The van der Waals surface area contributed by atoms with E-state index < -0.39 is 11.3 Å². The van der Waals surface area contributed by atoms with Crippen LogP contribution in [0, 0.1) is 10.1 Å². The average Bonchev–Trinajstić information content (AvgIpc) is 2.27. The fraction of sp³-hybridized carbons (Fsp3) is 0.455. The molecule has 1 rings (SSSR count). The van der Waals surface area contributed by atoms with E-state index >= 15 is 0 Å². The monoisotopic (exact) mass is 259 g/mol. The van der Waals surface area contributed by atoms with Crippen LogP contribution in [0.5, 0.6) is 0 Å². The van der Waals surface area contributed by atoms with Gasteiger partial charge in [0.25, 0.3) is 12.1 Å². The molecule has 0 saturated heterocycles. The molecule has 0 atom stereocenters. The lowest BCUT2D eigenvalue weighted by molar-refractivity contribution is -0.384. The molecule has 0 amide bonds. The summed E-state index contributed by atoms with van der Waals surface area (Å²) in [5.74, 6) is 0. The lowest BCUT2D eigenvalue weighted by Crippen LogP contribution is -2.24. The molecule has 0 aliphatic carbocycles. The van der Waals surface area contributed by atoms with Gasteiger partial charge in [-0.3, -0.25) is 15.0 Å². The van der Waals surface area contributed by atoms with Crippen molar-refractivity contribution in [2.75, 3.05) is 26.0 Å². The maximum Gasteiger partial charge on any atom is 0.292 e. The molecule has 0 unspecified atom stereocenters. The Balaban J connectivity index is 2.95. The second-order valence-corrected chi connectivity index (χ2v) is 3.91. The Labute approximate surface area is 104 Å². The van der Waals surface area contributed by atoms with Crippen LogP contribution in [0.25, 0.3) is 0 Å². The molecule has 1 aromatic carbocycles. The van der Waals surface area contributed by atoms with Crippen molar-refractivity contribution in [3.05, 3.63) is 33.9 Å². The first-order valence-corrected chi connectivity index (χ1v) is 5.36. The summed E-state index contributed by atoms with van der Waals surface area (Å²) in [4.78, 5) is 11.8. The first kappa shape index (κ1) is 14.3. The van der Waals surface area contributed by atoms with Gasteiger partial charge in [0, 0.05) is 19.7 Å². The van der Waals surface area contributed by atoms with Crippen LogP contribution < -0.4 is 5.32 Å². The molecule has 0 bridgehead atoms. The summed E-state index contributed by atoms with van der Waals surface area (Å²) in [5, 5.41) is 13.6. The van der Waals surface area contributed by atoms with Crippen LogP contribution in [0.4, 0.5) is 20.2 Å². The fourth-order valence-corrected chi connectivity index (χ4v) is 1.75. The molecule has 1 N–H and O–H groups in total. The van der Waals surface area contributed by atoms with E-state index in [0.717, 1.165) is 0 Å². The number of nitrogens with one attached hydrogen (secondary N) is 1. The lowest BCUT2D eigenvalue weighted by Gasteiger charge is -2.18. The van der Waals surface area contributed by atoms with Gasteiger partial charge in [-0.15, -0.1) is 0 Å². The summed E-state index contributed by atoms with van der Waals surface area (Å²) in [6, 6.07) is 4.60. The van der Waals surface area contributed by atoms with Gasteiger partial charge in [0.05, 0.1) is 11.5 Å². The van der Waals surface area contributed by atoms with E-state index in [1.54, 1.807) is 26.2 Å². The first-order valence-electron chi connectivity index (χ1n) is 5.36. The minimum absolute atomic E-state index is 0.0551. The number of nitro groups is 1. The van der Waals surface area contributed by atoms with Crippen molar-refractivity contribution < 1.29 is 13.7 Å². The van der Waals surface area contributed by atoms with Crippen LogP contribution in [-0.4, -0.2) is 36.9 Å². The third-order valence-corrected chi connectivity index (χ3v) is 2.47. The zero-order valence-corrected chi connectivity index (χ0v) is 10.2. The molecule has 100 valence electrons. The number of halogens is 2. The van der Waals surface area contributed by atoms with Crippen molar-refractivity contribution in [3.8, 4) is 0 Å². The minimum atomic E-state index is -2.42. The van der Waals surface area contributed by atoms with E-state index in [-0.39, 0.29) is 18.8 Å². The van der Waals surface area contributed by atoms with Crippen LogP contribution in [0.15, 0.2) is 18.2 Å². The number of alkyl halides is 2. The van der Waals surface area contributed by atoms with Crippen molar-refractivity contribution in [2.45, 2.75) is 13.0 Å². The van der Waals surface area contributed by atoms with Crippen LogP contribution in [0.3, 0.4) is 0 Å². The molecule has 0 radical (unpaired) electrons. The molecule has 0 aliphatic rings. The van der Waals surface area contributed by atoms with Crippen molar-refractivity contribution in [3.63, 3.8) is 0 Å². The second kappa shape index (κ2) is 6.25. The Bertz CT molecular complexity index is 427. The predicted molar refractivity (Wildman–Crippen MR) is 65.0 cm³/mol. The van der Waals surface area contributed by atoms with Crippen LogP contribution in [0.1, 0.15) is 5.56 Å². The Morgan fingerprint density at radius 2 is 2.17 bits per heavy atom. The Morgan fingerprint density at radius 1 is 1.50 bits per heavy atom. The quantitative estimate of drug-likeness (QED) is 0.629. The molecular formula is C11H15F2N3O2. The van der Waals surface area contributed by atoms with Crippen molar-refractivity contribution >= 4 is 11.4 Å². The van der Waals surface area contributed by atoms with Crippen LogP contribution >= 0.6 is 0 Å². The van der Waals surface area contributed by atoms with Gasteiger partial charge in [0.1, 0.15) is 5.69 Å². The number of hydrogen-bond donors (Lipinski definition) is 1. The van der Waals surface area contributed by atoms with E-state index in [2.05, 4.69) is 5.32 Å². The highest BCUT2D eigenvalue weighted by Gasteiger charge is 2.17. The van der Waals surface area contributed by atoms with Gasteiger partial charge in [0.2, 0.25) is 0 Å². The number of nitrogens with zero attached hydrogens (tertiary/aromatic N) is 2. The predicted octanol–water partition coefficient (Wildman–Crippen LogP) is 2.33. The lowest BCUT2D eigenvalue weighted by atomic mass is 10.1. The number of rotatable bonds is 6. The normalized spacial score (nSPS) is 11.0. The highest BCUT2D eigenvalue weighted by molar-refractivity contribution is 5.66. The largest absolute Gasteiger partial charge is 0.382 e. The first-order chi connectivity index (χ1) is 8.45. The second-order valence-electron chi connectivity index (χ2n) is 3.91. The van der Waals surface area contributed by atoms with E-state index in [4.69, 9.17) is 0 Å². The highest BCUT2D eigenvalue weighted by atomic mass is 19.3. The molecule has 1 aromatic rings. The molecule has 7 heteroatoms. The molecule has 0 fully saturated rings. The van der Waals surface area contributed by atoms with Crippen molar-refractivity contribution in [1.29, 1.82) is 0 Å². The number of anilines is 1. The maximum absolute atomic E-state index is 12.2. The summed E-state index contributed by atoms with van der Waals surface area (Å²) in [5.41, 5.74) is 0.930. The summed E-state index contributed by atoms with van der Waals surface area (Å²) in [7, 11) is 3.11. The van der Waals surface area contributed by atoms with Gasteiger partial charge in [-0.25, -0.2) is 8.78 Å². The zero-order chi connectivity index (χ0) is 13.7. The Kier molecular flexibility index (Phi) is 4.96. The topological polar surface area (TPSA) is 58.4 Å². The number of para-hydroxylation sites is 1. The summed E-state index contributed by atoms with van der Waals surface area (Å²) in [6.07, 6.45) is -2.42. The smallest absolute Gasteiger partial charge is 0.292 e. The molecule has 0 heterocycles. The van der Waals surface area contributed by atoms with Gasteiger partial charge in [-0.1, -0.05) is 12.1 Å². The molecule has 0 spiro atoms. The van der Waals surface area contributed by atoms with Gasteiger partial charge < -0.3 is 5.32 Å². The fourth-order valence-electron chi connectivity index (χ4n) is 1.75. The average molecular weight is 259 g/mol. The number of benzene rings is 1. The number of hydrogen-bond acceptors (Lipinski definition) is 4. The van der Waals surface area contributed by atoms with Crippen molar-refractivity contribution in [2.24, 2.45) is 0 Å². The van der Waals surface area contributed by atoms with E-state index in [1.165, 1.54) is 11.0 Å². The third kappa shape index (κ3) is 3.63. The molecule has 5 nitrogen and oxygen atoms in total. The Morgan fingerprint density at radius 3 is 2.67 bits per heavy atom. The van der Waals surface area contributed by atoms with E-state index in [1.807, 2.05) is 0 Å². The SMILES string of the molecule is CNc1c(CN(C)CC(F)F)cccc1[N+](=O)[O-]. The third-order valence-electron chi connectivity index (χ3n) is 2.47. The molecule has 18 heavy (non-hydrogen) atoms. The van der Waals surface area contributed by atoms with Crippen molar-refractivity contribution in [1.82, 2.24) is 4.90 Å².